The van der Waals surface area contributed by atoms with Crippen LogP contribution >= 0.6 is 15.9 Å². The van der Waals surface area contributed by atoms with Crippen LogP contribution in [-0.4, -0.2) is 5.91 Å². The standard InChI is InChI=1S/C10H8BrN3O/c11-7-3-1-6(2-4-7)8-5-9(8)10(15)13-14-12/h1-4,8-9H,5H2/t8-,9+/m0/s1. The molecule has 0 saturated heterocycles. The Morgan fingerprint density at radius 2 is 2.13 bits per heavy atom. The van der Waals surface area contributed by atoms with Crippen molar-refractivity contribution in [3.05, 3.63) is 44.7 Å². The monoisotopic (exact) mass is 265 g/mol. The number of nitrogens with zero attached hydrogens (tertiary/aromatic N) is 3. The third kappa shape index (κ3) is 2.19. The van der Waals surface area contributed by atoms with Gasteiger partial charge in [-0.25, -0.2) is 0 Å². The van der Waals surface area contributed by atoms with Gasteiger partial charge in [-0.15, -0.1) is 0 Å². The molecule has 0 bridgehead atoms. The Kier molecular flexibility index (Phi) is 2.75. The van der Waals surface area contributed by atoms with Gasteiger partial charge in [0.1, 0.15) is 0 Å². The third-order valence-corrected chi connectivity index (χ3v) is 3.08. The number of halogens is 1. The topological polar surface area (TPSA) is 65.8 Å². The van der Waals surface area contributed by atoms with Crippen molar-refractivity contribution in [3.63, 3.8) is 0 Å². The van der Waals surface area contributed by atoms with Crippen molar-refractivity contribution < 1.29 is 4.79 Å². The Hall–Kier alpha value is -1.32. The second-order valence-electron chi connectivity index (χ2n) is 3.53. The lowest BCUT2D eigenvalue weighted by Crippen LogP contribution is -1.96. The van der Waals surface area contributed by atoms with Crippen LogP contribution in [0.15, 0.2) is 33.9 Å². The van der Waals surface area contributed by atoms with Crippen molar-refractivity contribution >= 4 is 21.8 Å². The minimum atomic E-state index is -0.342. The van der Waals surface area contributed by atoms with Gasteiger partial charge in [0.05, 0.1) is 0 Å². The summed E-state index contributed by atoms with van der Waals surface area (Å²) in [6.07, 6.45) is 0.791. The molecule has 0 heterocycles. The van der Waals surface area contributed by atoms with Gasteiger partial charge in [-0.1, -0.05) is 28.1 Å². The van der Waals surface area contributed by atoms with E-state index in [1.54, 1.807) is 0 Å². The van der Waals surface area contributed by atoms with Crippen molar-refractivity contribution in [1.82, 2.24) is 0 Å². The summed E-state index contributed by atoms with van der Waals surface area (Å²) in [6.45, 7) is 0. The molecule has 4 nitrogen and oxygen atoms in total. The molecule has 0 aromatic heterocycles. The molecule has 0 unspecified atom stereocenters. The van der Waals surface area contributed by atoms with E-state index in [1.807, 2.05) is 24.3 Å². The molecular weight excluding hydrogens is 258 g/mol. The van der Waals surface area contributed by atoms with Crippen LogP contribution in [0.5, 0.6) is 0 Å². The fraction of sp³-hybridized carbons (Fsp3) is 0.300. The Labute approximate surface area is 95.0 Å². The fourth-order valence-corrected chi connectivity index (χ4v) is 1.93. The number of hydrogen-bond acceptors (Lipinski definition) is 1. The summed E-state index contributed by atoms with van der Waals surface area (Å²) in [5, 5.41) is 3.11. The second-order valence-corrected chi connectivity index (χ2v) is 4.44. The number of benzene rings is 1. The van der Waals surface area contributed by atoms with E-state index in [0.29, 0.717) is 0 Å². The quantitative estimate of drug-likeness (QED) is 0.459. The van der Waals surface area contributed by atoms with Crippen LogP contribution in [-0.2, 0) is 4.79 Å². The molecule has 76 valence electrons. The summed E-state index contributed by atoms with van der Waals surface area (Å²) in [4.78, 5) is 13.7. The molecule has 1 amide bonds. The average molecular weight is 266 g/mol. The van der Waals surface area contributed by atoms with Gasteiger partial charge in [0.2, 0.25) is 5.91 Å². The molecule has 2 rings (SSSR count). The van der Waals surface area contributed by atoms with Crippen LogP contribution in [0.4, 0.5) is 0 Å². The number of rotatable bonds is 2. The van der Waals surface area contributed by atoms with Gasteiger partial charge in [-0.2, -0.15) is 0 Å². The smallest absolute Gasteiger partial charge is 0.222 e. The van der Waals surface area contributed by atoms with Crippen LogP contribution in [0.2, 0.25) is 0 Å². The highest BCUT2D eigenvalue weighted by Crippen LogP contribution is 2.48. The lowest BCUT2D eigenvalue weighted by molar-refractivity contribution is -0.119. The van der Waals surface area contributed by atoms with Crippen LogP contribution in [0.1, 0.15) is 17.9 Å². The van der Waals surface area contributed by atoms with Gasteiger partial charge in [0.25, 0.3) is 0 Å². The Morgan fingerprint density at radius 3 is 2.73 bits per heavy atom. The van der Waals surface area contributed by atoms with E-state index in [2.05, 4.69) is 26.0 Å². The first kappa shape index (κ1) is 10.2. The van der Waals surface area contributed by atoms with Gasteiger partial charge in [-0.3, -0.25) is 4.79 Å². The molecule has 1 saturated carbocycles. The predicted octanol–water partition coefficient (Wildman–Crippen LogP) is 3.39. The van der Waals surface area contributed by atoms with Crippen molar-refractivity contribution in [2.75, 3.05) is 0 Å². The van der Waals surface area contributed by atoms with E-state index >= 15 is 0 Å². The lowest BCUT2D eigenvalue weighted by Gasteiger charge is -1.98. The molecule has 2 atom stereocenters. The first-order valence-electron chi connectivity index (χ1n) is 4.57. The van der Waals surface area contributed by atoms with Crippen LogP contribution in [0, 0.1) is 5.92 Å². The number of hydrogen-bond donors (Lipinski definition) is 0. The van der Waals surface area contributed by atoms with Crippen LogP contribution in [0.25, 0.3) is 10.4 Å². The average Bonchev–Trinajstić information content (AvgIpc) is 2.99. The van der Waals surface area contributed by atoms with Crippen molar-refractivity contribution in [1.29, 1.82) is 0 Å². The van der Waals surface area contributed by atoms with Crippen molar-refractivity contribution in [2.24, 2.45) is 11.0 Å². The zero-order valence-electron chi connectivity index (χ0n) is 7.80. The van der Waals surface area contributed by atoms with E-state index in [9.17, 15) is 4.79 Å². The molecule has 1 fully saturated rings. The first-order valence-corrected chi connectivity index (χ1v) is 5.36. The largest absolute Gasteiger partial charge is 0.292 e. The van der Waals surface area contributed by atoms with Crippen LogP contribution < -0.4 is 0 Å². The first-order chi connectivity index (χ1) is 7.22. The molecule has 15 heavy (non-hydrogen) atoms. The molecule has 1 aliphatic rings. The van der Waals surface area contributed by atoms with Gasteiger partial charge in [0, 0.05) is 15.3 Å². The van der Waals surface area contributed by atoms with E-state index in [4.69, 9.17) is 5.53 Å². The highest BCUT2D eigenvalue weighted by Gasteiger charge is 2.43. The number of amides is 1. The summed E-state index contributed by atoms with van der Waals surface area (Å²) in [6, 6.07) is 7.86. The molecule has 0 aliphatic heterocycles. The van der Waals surface area contributed by atoms with Gasteiger partial charge in [0.15, 0.2) is 0 Å². The SMILES string of the molecule is [N-]=[N+]=NC(=O)[C@@H]1C[C@H]1c1ccc(Br)cc1. The zero-order chi connectivity index (χ0) is 10.8. The predicted molar refractivity (Wildman–Crippen MR) is 59.1 cm³/mol. The minimum absolute atomic E-state index is 0.109. The van der Waals surface area contributed by atoms with Gasteiger partial charge in [-0.05, 0) is 40.7 Å². The van der Waals surface area contributed by atoms with E-state index in [1.165, 1.54) is 0 Å². The molecule has 1 aliphatic carbocycles. The van der Waals surface area contributed by atoms with E-state index in [0.717, 1.165) is 16.5 Å². The van der Waals surface area contributed by atoms with Gasteiger partial charge >= 0.3 is 0 Å². The maximum Gasteiger partial charge on any atom is 0.222 e. The third-order valence-electron chi connectivity index (χ3n) is 2.55. The summed E-state index contributed by atoms with van der Waals surface area (Å²) < 4.78 is 1.02. The molecule has 1 aromatic carbocycles. The lowest BCUT2D eigenvalue weighted by atomic mass is 10.1. The molecular formula is C10H8BrN3O. The normalized spacial score (nSPS) is 23.0. The summed E-state index contributed by atoms with van der Waals surface area (Å²) in [7, 11) is 0. The number of carbonyl (C=O) groups excluding carboxylic acids is 1. The molecule has 0 N–H and O–H groups in total. The zero-order valence-corrected chi connectivity index (χ0v) is 9.39. The molecule has 0 spiro atoms. The summed E-state index contributed by atoms with van der Waals surface area (Å²) >= 11 is 3.35. The second kappa shape index (κ2) is 4.04. The fourth-order valence-electron chi connectivity index (χ4n) is 1.66. The van der Waals surface area contributed by atoms with Crippen LogP contribution in [0.3, 0.4) is 0 Å². The number of azide groups is 1. The van der Waals surface area contributed by atoms with E-state index < -0.39 is 0 Å². The molecule has 5 heteroatoms. The van der Waals surface area contributed by atoms with Crippen molar-refractivity contribution in [3.8, 4) is 0 Å². The Morgan fingerprint density at radius 1 is 1.47 bits per heavy atom. The Balaban J connectivity index is 2.08. The summed E-state index contributed by atoms with van der Waals surface area (Å²) in [5.74, 6) is -0.219. The minimum Gasteiger partial charge on any atom is -0.292 e. The summed E-state index contributed by atoms with van der Waals surface area (Å²) in [5.41, 5.74) is 9.27. The number of carbonyl (C=O) groups is 1. The highest BCUT2D eigenvalue weighted by molar-refractivity contribution is 9.10. The molecule has 0 radical (unpaired) electrons. The highest BCUT2D eigenvalue weighted by atomic mass is 79.9. The van der Waals surface area contributed by atoms with Gasteiger partial charge < -0.3 is 0 Å². The maximum absolute atomic E-state index is 11.2. The van der Waals surface area contributed by atoms with Crippen molar-refractivity contribution in [2.45, 2.75) is 12.3 Å². The maximum atomic E-state index is 11.2. The van der Waals surface area contributed by atoms with E-state index in [-0.39, 0.29) is 17.7 Å². The Bertz CT molecular complexity index is 436. The molecule has 1 aromatic rings.